The van der Waals surface area contributed by atoms with Gasteiger partial charge in [0.15, 0.2) is 11.6 Å². The predicted octanol–water partition coefficient (Wildman–Crippen LogP) is 17.9. The number of benzene rings is 5. The minimum Gasteiger partial charge on any atom is -0.495 e. The van der Waals surface area contributed by atoms with Crippen molar-refractivity contribution < 1.29 is 28.1 Å². The van der Waals surface area contributed by atoms with Gasteiger partial charge in [-0.2, -0.15) is 0 Å². The van der Waals surface area contributed by atoms with Crippen LogP contribution in [0.2, 0.25) is 45.2 Å². The Morgan fingerprint density at radius 2 is 0.780 bits per heavy atom. The van der Waals surface area contributed by atoms with E-state index in [1.165, 1.54) is 13.2 Å². The summed E-state index contributed by atoms with van der Waals surface area (Å²) in [6, 6.07) is 14.9. The zero-order valence-corrected chi connectivity index (χ0v) is 62.3. The minimum absolute atomic E-state index is 0.133. The minimum atomic E-state index is -0.500. The van der Waals surface area contributed by atoms with Gasteiger partial charge < -0.3 is 52.4 Å². The number of nitrogens with two attached hydrogens (primary N) is 5. The molecule has 0 saturated carbocycles. The fourth-order valence-corrected chi connectivity index (χ4v) is 14.4. The highest BCUT2D eigenvalue weighted by Gasteiger charge is 2.29. The van der Waals surface area contributed by atoms with Crippen LogP contribution in [0.3, 0.4) is 0 Å². The number of anilines is 5. The van der Waals surface area contributed by atoms with Gasteiger partial charge in [-0.05, 0) is 138 Å². The average Bonchev–Trinajstić information content (AvgIpc) is 1.41. The highest BCUT2D eigenvalue weighted by atomic mass is 35.5. The third-order valence-corrected chi connectivity index (χ3v) is 19.5. The lowest BCUT2D eigenvalue weighted by Gasteiger charge is -2.14. The second-order valence-corrected chi connectivity index (χ2v) is 27.2. The number of hydrogen-bond donors (Lipinski definition) is 5. The van der Waals surface area contributed by atoms with Gasteiger partial charge in [0.1, 0.15) is 23.0 Å². The third-order valence-electron chi connectivity index (χ3n) is 16.8. The number of halogens is 10. The van der Waals surface area contributed by atoms with E-state index in [1.807, 2.05) is 33.8 Å². The molecule has 5 aromatic carbocycles. The molecule has 10 aromatic rings. The van der Waals surface area contributed by atoms with Gasteiger partial charge in [0.2, 0.25) is 29.7 Å². The standard InChI is InChI=1S/C15H15Cl2N3O.2C14H13Cl2N3O.C14H13ClFN3O.C13H13Cl2N3O/c1-7(2)11-6-12(20-15(18)19-11)13-8-3-4-21-14(8)10(17)5-9(13)16;1-6-7(2)18-14(17)19-12(6)11-8-3-4-20-13(8)10(16)5-9(11)15;2*1-20-12-5-8(9(15)6-10(12)16)13-7-3-2-4-11(7)18-14(17)19-13;1-6-7(2)17-13(16)18-12(6)8-4-11(19-3)10(15)5-9(8)14/h5-7H,3-4H2,1-2H3,(H2,18,19,20);5H,3-4H2,1-2H3,(H2,17,18,19);2*5-6H,2-4H2,1H3,(H2,17,18,19);4-5H,1-3H3,(H2,16,17,18). The maximum absolute atomic E-state index is 13.6. The number of methoxy groups -OCH3 is 3. The Morgan fingerprint density at radius 1 is 0.390 bits per heavy atom. The molecule has 5 aromatic heterocycles. The number of fused-ring (bicyclic) bond motifs is 4. The SMILES string of the molecule is CC(C)c1cc(-c2c(Cl)cc(Cl)c3c2CCO3)nc(N)n1.COc1cc(-c2nc(N)nc(C)c2C)c(Cl)cc1Cl.COc1cc(-c2nc(N)nc3c2CCC3)c(Cl)cc1Cl.COc1cc(-c2nc(N)nc3c2CCC3)c(Cl)cc1F.Cc1nc(N)nc(-c2c(Cl)cc(Cl)c3c2CCO3)c1C. The molecule has 4 aliphatic rings. The first-order valence-corrected chi connectivity index (χ1v) is 34.5. The molecule has 100 heavy (non-hydrogen) atoms. The Kier molecular flexibility index (Phi) is 23.9. The van der Waals surface area contributed by atoms with E-state index in [4.69, 9.17) is 157 Å². The van der Waals surface area contributed by atoms with E-state index in [2.05, 4.69) is 63.7 Å². The monoisotopic (exact) mass is 1530 g/mol. The summed E-state index contributed by atoms with van der Waals surface area (Å²) < 4.78 is 40.3. The van der Waals surface area contributed by atoms with Crippen molar-refractivity contribution in [1.29, 1.82) is 0 Å². The van der Waals surface area contributed by atoms with Crippen LogP contribution in [-0.4, -0.2) is 84.4 Å². The van der Waals surface area contributed by atoms with E-state index in [0.29, 0.717) is 93.3 Å². The van der Waals surface area contributed by atoms with Gasteiger partial charge in [0.25, 0.3) is 0 Å². The lowest BCUT2D eigenvalue weighted by atomic mass is 9.98. The number of ether oxygens (including phenoxy) is 5. The fraction of sp³-hybridized carbons (Fsp3) is 0.286. The molecule has 0 radical (unpaired) electrons. The van der Waals surface area contributed by atoms with Crippen LogP contribution >= 0.6 is 104 Å². The Hall–Kier alpha value is -7.96. The van der Waals surface area contributed by atoms with Crippen LogP contribution in [0.1, 0.15) is 94.5 Å². The first-order chi connectivity index (χ1) is 47.6. The second-order valence-electron chi connectivity index (χ2n) is 23.5. The molecule has 10 N–H and O–H groups in total. The molecular weight excluding hydrogens is 1470 g/mol. The van der Waals surface area contributed by atoms with Crippen molar-refractivity contribution >= 4 is 134 Å². The maximum atomic E-state index is 13.6. The van der Waals surface area contributed by atoms with Crippen molar-refractivity contribution in [2.45, 2.75) is 98.8 Å². The van der Waals surface area contributed by atoms with Gasteiger partial charge in [0, 0.05) is 91.4 Å². The topological polar surface area (TPSA) is 305 Å². The van der Waals surface area contributed by atoms with Gasteiger partial charge in [-0.15, -0.1) is 0 Å². The van der Waals surface area contributed by atoms with E-state index >= 15 is 0 Å². The summed E-state index contributed by atoms with van der Waals surface area (Å²) in [6.45, 7) is 13.0. The number of hydrogen-bond acceptors (Lipinski definition) is 20. The zero-order valence-electron chi connectivity index (χ0n) is 55.5. The molecule has 522 valence electrons. The predicted molar refractivity (Wildman–Crippen MR) is 400 cm³/mol. The van der Waals surface area contributed by atoms with Crippen LogP contribution in [0.4, 0.5) is 34.1 Å². The first-order valence-electron chi connectivity index (χ1n) is 31.1. The quantitative estimate of drug-likeness (QED) is 0.0897. The summed E-state index contributed by atoms with van der Waals surface area (Å²) in [7, 11) is 4.53. The van der Waals surface area contributed by atoms with Crippen LogP contribution in [0, 0.1) is 33.5 Å². The maximum Gasteiger partial charge on any atom is 0.220 e. The molecule has 0 fully saturated rings. The number of aryl methyl sites for hydroxylation is 4. The van der Waals surface area contributed by atoms with Crippen molar-refractivity contribution in [3.63, 3.8) is 0 Å². The number of aromatic nitrogens is 10. The zero-order chi connectivity index (χ0) is 72.3. The average molecular weight is 1540 g/mol. The molecule has 30 heteroatoms. The van der Waals surface area contributed by atoms with Gasteiger partial charge in [-0.1, -0.05) is 118 Å². The largest absolute Gasteiger partial charge is 0.495 e. The summed E-state index contributed by atoms with van der Waals surface area (Å²) in [5.74, 6) is 3.55. The highest BCUT2D eigenvalue weighted by molar-refractivity contribution is 6.39. The molecule has 0 spiro atoms. The molecule has 20 nitrogen and oxygen atoms in total. The molecule has 0 bridgehead atoms. The second kappa shape index (κ2) is 31.9. The summed E-state index contributed by atoms with van der Waals surface area (Å²) >= 11 is 55.9. The molecule has 2 aliphatic heterocycles. The Labute approximate surface area is 622 Å². The van der Waals surface area contributed by atoms with E-state index in [-0.39, 0.29) is 46.4 Å². The van der Waals surface area contributed by atoms with Crippen molar-refractivity contribution in [3.8, 4) is 85.0 Å². The number of rotatable bonds is 9. The van der Waals surface area contributed by atoms with Gasteiger partial charge in [-0.3, -0.25) is 0 Å². The number of nitrogens with zero attached hydrogens (tertiary/aromatic N) is 10. The lowest BCUT2D eigenvalue weighted by molar-refractivity contribution is 0.357. The van der Waals surface area contributed by atoms with Gasteiger partial charge in [0.05, 0.1) is 108 Å². The molecule has 0 unspecified atom stereocenters. The molecule has 0 amide bonds. The molecule has 0 atom stereocenters. The van der Waals surface area contributed by atoms with E-state index < -0.39 is 5.82 Å². The summed E-state index contributed by atoms with van der Waals surface area (Å²) in [5, 5.41) is 4.40. The summed E-state index contributed by atoms with van der Waals surface area (Å²) in [6.07, 6.45) is 7.20. The van der Waals surface area contributed by atoms with Crippen LogP contribution in [0.25, 0.3) is 56.3 Å². The van der Waals surface area contributed by atoms with E-state index in [1.54, 1.807) is 56.7 Å². The van der Waals surface area contributed by atoms with Crippen LogP contribution < -0.4 is 52.4 Å². The van der Waals surface area contributed by atoms with Crippen molar-refractivity contribution in [1.82, 2.24) is 49.8 Å². The number of nitrogen functional groups attached to an aromatic ring is 5. The van der Waals surface area contributed by atoms with Crippen LogP contribution in [0.15, 0.2) is 54.6 Å². The Balaban J connectivity index is 0.000000135. The Morgan fingerprint density at radius 3 is 1.26 bits per heavy atom. The molecule has 0 saturated heterocycles. The Bertz CT molecular complexity index is 4730. The smallest absolute Gasteiger partial charge is 0.220 e. The normalized spacial score (nSPS) is 12.8. The van der Waals surface area contributed by atoms with Crippen molar-refractivity contribution in [2.24, 2.45) is 0 Å². The third kappa shape index (κ3) is 16.2. The fourth-order valence-electron chi connectivity index (χ4n) is 11.8. The van der Waals surface area contributed by atoms with Crippen molar-refractivity contribution in [2.75, 3.05) is 63.2 Å². The van der Waals surface area contributed by atoms with Crippen molar-refractivity contribution in [3.05, 3.63) is 167 Å². The summed E-state index contributed by atoms with van der Waals surface area (Å²) in [4.78, 5) is 42.7. The molecule has 14 rings (SSSR count). The van der Waals surface area contributed by atoms with E-state index in [0.717, 1.165) is 153 Å². The van der Waals surface area contributed by atoms with Crippen LogP contribution in [0.5, 0.6) is 28.7 Å². The first kappa shape index (κ1) is 74.7. The van der Waals surface area contributed by atoms with E-state index in [9.17, 15) is 4.39 Å². The molecular formula is C70H67Cl9FN15O5. The van der Waals surface area contributed by atoms with Gasteiger partial charge in [-0.25, -0.2) is 54.2 Å². The van der Waals surface area contributed by atoms with Gasteiger partial charge >= 0.3 is 0 Å². The highest BCUT2D eigenvalue weighted by Crippen LogP contribution is 2.48. The lowest BCUT2D eigenvalue weighted by Crippen LogP contribution is -2.03. The molecule has 2 aliphatic carbocycles. The molecule has 7 heterocycles. The van der Waals surface area contributed by atoms with Crippen LogP contribution in [-0.2, 0) is 38.5 Å². The summed E-state index contributed by atoms with van der Waals surface area (Å²) in [5.41, 5.74) is 46.8.